The molecule has 90 valence electrons. The molecule has 1 aromatic heterocycles. The Morgan fingerprint density at radius 3 is 2.94 bits per heavy atom. The van der Waals surface area contributed by atoms with Gasteiger partial charge in [-0.2, -0.15) is 11.8 Å². The van der Waals surface area contributed by atoms with Crippen LogP contribution < -0.4 is 5.56 Å². The molecular weight excluding hydrogens is 292 g/mol. The van der Waals surface area contributed by atoms with Crippen LogP contribution in [0.15, 0.2) is 9.27 Å². The first-order valence-electron chi connectivity index (χ1n) is 5.03. The van der Waals surface area contributed by atoms with E-state index in [-0.39, 0.29) is 5.56 Å². The Labute approximate surface area is 107 Å². The second-order valence-electron chi connectivity index (χ2n) is 3.26. The highest BCUT2D eigenvalue weighted by Gasteiger charge is 2.08. The summed E-state index contributed by atoms with van der Waals surface area (Å²) in [5, 5.41) is 0. The number of ether oxygens (including phenoxy) is 1. The van der Waals surface area contributed by atoms with Crippen molar-refractivity contribution in [1.29, 1.82) is 0 Å². The zero-order chi connectivity index (χ0) is 12.0. The maximum atomic E-state index is 11.6. The zero-order valence-electron chi connectivity index (χ0n) is 9.38. The monoisotopic (exact) mass is 306 g/mol. The average Bonchev–Trinajstić information content (AvgIpc) is 2.26. The molecule has 0 amide bonds. The summed E-state index contributed by atoms with van der Waals surface area (Å²) in [7, 11) is 1.58. The predicted octanol–water partition coefficient (Wildman–Crippen LogP) is 2.32. The fraction of sp³-hybridized carbons (Fsp3) is 0.600. The Morgan fingerprint density at radius 1 is 1.56 bits per heavy atom. The number of nitrogens with one attached hydrogen (secondary N) is 1. The molecule has 16 heavy (non-hydrogen) atoms. The standard InChI is InChI=1S/C10H15BrN2O2S/c1-3-4-16-6-8-12-7(5-15-2)9(11)10(14)13-8/h3-6H2,1-2H3,(H,12,13,14). The van der Waals surface area contributed by atoms with Crippen LogP contribution in [0, 0.1) is 0 Å². The summed E-state index contributed by atoms with van der Waals surface area (Å²) in [6.07, 6.45) is 1.12. The number of methoxy groups -OCH3 is 1. The Balaban J connectivity index is 2.82. The number of aromatic amines is 1. The lowest BCUT2D eigenvalue weighted by atomic mass is 10.4. The second kappa shape index (κ2) is 7.09. The number of hydrogen-bond donors (Lipinski definition) is 1. The highest BCUT2D eigenvalue weighted by atomic mass is 79.9. The van der Waals surface area contributed by atoms with Gasteiger partial charge in [-0.15, -0.1) is 0 Å². The first kappa shape index (κ1) is 13.7. The van der Waals surface area contributed by atoms with Crippen LogP contribution in [0.25, 0.3) is 0 Å². The Kier molecular flexibility index (Phi) is 6.08. The maximum Gasteiger partial charge on any atom is 0.265 e. The van der Waals surface area contributed by atoms with E-state index >= 15 is 0 Å². The molecule has 0 radical (unpaired) electrons. The average molecular weight is 307 g/mol. The molecule has 1 N–H and O–H groups in total. The van der Waals surface area contributed by atoms with Gasteiger partial charge in [0, 0.05) is 7.11 Å². The van der Waals surface area contributed by atoms with Crippen molar-refractivity contribution in [2.75, 3.05) is 12.9 Å². The molecule has 0 atom stereocenters. The second-order valence-corrected chi connectivity index (χ2v) is 5.16. The van der Waals surface area contributed by atoms with Gasteiger partial charge in [0.25, 0.3) is 5.56 Å². The largest absolute Gasteiger partial charge is 0.378 e. The van der Waals surface area contributed by atoms with Crippen LogP contribution >= 0.6 is 27.7 Å². The highest BCUT2D eigenvalue weighted by Crippen LogP contribution is 2.13. The number of hydrogen-bond acceptors (Lipinski definition) is 4. The summed E-state index contributed by atoms with van der Waals surface area (Å²) < 4.78 is 5.45. The lowest BCUT2D eigenvalue weighted by molar-refractivity contribution is 0.180. The first-order valence-corrected chi connectivity index (χ1v) is 6.98. The molecule has 0 aromatic carbocycles. The zero-order valence-corrected chi connectivity index (χ0v) is 11.8. The van der Waals surface area contributed by atoms with E-state index in [2.05, 4.69) is 32.8 Å². The molecule has 0 bridgehead atoms. The van der Waals surface area contributed by atoms with E-state index in [1.165, 1.54) is 0 Å². The lowest BCUT2D eigenvalue weighted by Gasteiger charge is -2.05. The molecule has 0 saturated heterocycles. The van der Waals surface area contributed by atoms with Crippen LogP contribution in [-0.2, 0) is 17.1 Å². The van der Waals surface area contributed by atoms with E-state index in [0.29, 0.717) is 22.6 Å². The van der Waals surface area contributed by atoms with Crippen LogP contribution in [-0.4, -0.2) is 22.8 Å². The first-order chi connectivity index (χ1) is 7.69. The molecule has 0 unspecified atom stereocenters. The lowest BCUT2D eigenvalue weighted by Crippen LogP contribution is -2.15. The Bertz CT molecular complexity index is 395. The molecule has 0 aliphatic heterocycles. The van der Waals surface area contributed by atoms with Gasteiger partial charge < -0.3 is 9.72 Å². The van der Waals surface area contributed by atoms with Gasteiger partial charge in [-0.25, -0.2) is 4.98 Å². The van der Waals surface area contributed by atoms with Crippen molar-refractivity contribution in [3.05, 3.63) is 26.3 Å². The Morgan fingerprint density at radius 2 is 2.31 bits per heavy atom. The normalized spacial score (nSPS) is 10.7. The molecule has 0 aliphatic carbocycles. The van der Waals surface area contributed by atoms with E-state index in [1.54, 1.807) is 18.9 Å². The van der Waals surface area contributed by atoms with Gasteiger partial charge in [0.1, 0.15) is 10.3 Å². The van der Waals surface area contributed by atoms with Gasteiger partial charge in [-0.1, -0.05) is 6.92 Å². The minimum atomic E-state index is -0.144. The van der Waals surface area contributed by atoms with Gasteiger partial charge >= 0.3 is 0 Å². The van der Waals surface area contributed by atoms with Crippen molar-refractivity contribution in [1.82, 2.24) is 9.97 Å². The topological polar surface area (TPSA) is 55.0 Å². The van der Waals surface area contributed by atoms with Gasteiger partial charge in [0.15, 0.2) is 0 Å². The molecule has 1 heterocycles. The number of nitrogens with zero attached hydrogens (tertiary/aromatic N) is 1. The Hall–Kier alpha value is -0.330. The molecule has 0 aliphatic rings. The smallest absolute Gasteiger partial charge is 0.265 e. The van der Waals surface area contributed by atoms with Crippen LogP contribution in [0.1, 0.15) is 24.9 Å². The number of thioether (sulfide) groups is 1. The van der Waals surface area contributed by atoms with Crippen molar-refractivity contribution in [3.8, 4) is 0 Å². The van der Waals surface area contributed by atoms with Crippen molar-refractivity contribution < 1.29 is 4.74 Å². The number of H-pyrrole nitrogens is 1. The summed E-state index contributed by atoms with van der Waals surface area (Å²) in [5.41, 5.74) is 0.507. The molecule has 0 fully saturated rings. The van der Waals surface area contributed by atoms with Crippen molar-refractivity contribution >= 4 is 27.7 Å². The van der Waals surface area contributed by atoms with E-state index in [9.17, 15) is 4.79 Å². The molecule has 4 nitrogen and oxygen atoms in total. The quantitative estimate of drug-likeness (QED) is 0.820. The third kappa shape index (κ3) is 3.92. The van der Waals surface area contributed by atoms with Crippen molar-refractivity contribution in [2.24, 2.45) is 0 Å². The van der Waals surface area contributed by atoms with Crippen LogP contribution in [0.2, 0.25) is 0 Å². The number of halogens is 1. The predicted molar refractivity (Wildman–Crippen MR) is 69.7 cm³/mol. The van der Waals surface area contributed by atoms with Crippen LogP contribution in [0.4, 0.5) is 0 Å². The molecular formula is C10H15BrN2O2S. The van der Waals surface area contributed by atoms with Gasteiger partial charge in [-0.3, -0.25) is 4.79 Å². The van der Waals surface area contributed by atoms with E-state index in [0.717, 1.165) is 17.9 Å². The third-order valence-corrected chi connectivity index (χ3v) is 3.84. The molecule has 0 spiro atoms. The summed E-state index contributed by atoms with van der Waals surface area (Å²) in [5.74, 6) is 2.51. The summed E-state index contributed by atoms with van der Waals surface area (Å²) in [4.78, 5) is 18.7. The minimum absolute atomic E-state index is 0.144. The SMILES string of the molecule is CCCSCc1nc(COC)c(Br)c(=O)[nH]1. The van der Waals surface area contributed by atoms with Crippen LogP contribution in [0.3, 0.4) is 0 Å². The fourth-order valence-corrected chi connectivity index (χ4v) is 2.24. The molecule has 0 saturated carbocycles. The minimum Gasteiger partial charge on any atom is -0.378 e. The van der Waals surface area contributed by atoms with Gasteiger partial charge in [0.05, 0.1) is 18.1 Å². The number of rotatable bonds is 6. The van der Waals surface area contributed by atoms with E-state index < -0.39 is 0 Å². The van der Waals surface area contributed by atoms with Gasteiger partial charge in [0.2, 0.25) is 0 Å². The molecule has 1 rings (SSSR count). The fourth-order valence-electron chi connectivity index (χ4n) is 1.17. The highest BCUT2D eigenvalue weighted by molar-refractivity contribution is 9.10. The van der Waals surface area contributed by atoms with Crippen LogP contribution in [0.5, 0.6) is 0 Å². The molecule has 1 aromatic rings. The van der Waals surface area contributed by atoms with Gasteiger partial charge in [-0.05, 0) is 28.1 Å². The van der Waals surface area contributed by atoms with Crippen molar-refractivity contribution in [2.45, 2.75) is 25.7 Å². The summed E-state index contributed by atoms with van der Waals surface area (Å²) >= 11 is 4.96. The summed E-state index contributed by atoms with van der Waals surface area (Å²) in [6, 6.07) is 0. The molecule has 6 heteroatoms. The van der Waals surface area contributed by atoms with E-state index in [1.807, 2.05) is 0 Å². The number of aromatic nitrogens is 2. The maximum absolute atomic E-state index is 11.6. The third-order valence-electron chi connectivity index (χ3n) is 1.85. The summed E-state index contributed by atoms with van der Waals surface area (Å²) in [6.45, 7) is 2.47. The van der Waals surface area contributed by atoms with Crippen molar-refractivity contribution in [3.63, 3.8) is 0 Å². The van der Waals surface area contributed by atoms with E-state index in [4.69, 9.17) is 4.74 Å².